The summed E-state index contributed by atoms with van der Waals surface area (Å²) in [6.45, 7) is 2.40. The minimum atomic E-state index is 0.431. The summed E-state index contributed by atoms with van der Waals surface area (Å²) in [5.74, 6) is 0.760. The van der Waals surface area contributed by atoms with Crippen LogP contribution in [0.15, 0.2) is 54.7 Å². The van der Waals surface area contributed by atoms with Gasteiger partial charge in [-0.05, 0) is 36.1 Å². The van der Waals surface area contributed by atoms with E-state index in [4.69, 9.17) is 16.3 Å². The maximum atomic E-state index is 6.10. The smallest absolute Gasteiger partial charge is 0.131 e. The Morgan fingerprint density at radius 1 is 1.10 bits per heavy atom. The predicted octanol–water partition coefficient (Wildman–Crippen LogP) is 4.78. The van der Waals surface area contributed by atoms with Gasteiger partial charge in [-0.1, -0.05) is 41.9 Å². The van der Waals surface area contributed by atoms with Gasteiger partial charge in [0.15, 0.2) is 0 Å². The van der Waals surface area contributed by atoms with Gasteiger partial charge in [0.05, 0.1) is 5.69 Å². The number of aryl methyl sites for hydroxylation is 1. The average Bonchev–Trinajstić information content (AvgIpc) is 2.48. The van der Waals surface area contributed by atoms with Gasteiger partial charge < -0.3 is 4.74 Å². The number of pyridine rings is 1. The minimum Gasteiger partial charge on any atom is -0.487 e. The molecule has 0 saturated carbocycles. The molecule has 2 nitrogen and oxygen atoms in total. The van der Waals surface area contributed by atoms with Gasteiger partial charge >= 0.3 is 0 Å². The van der Waals surface area contributed by atoms with Gasteiger partial charge in [-0.3, -0.25) is 4.98 Å². The Balaban J connectivity index is 1.85. The summed E-state index contributed by atoms with van der Waals surface area (Å²) >= 11 is 6.10. The molecule has 0 radical (unpaired) electrons. The van der Waals surface area contributed by atoms with E-state index >= 15 is 0 Å². The van der Waals surface area contributed by atoms with Gasteiger partial charge in [-0.25, -0.2) is 0 Å². The molecule has 0 bridgehead atoms. The van der Waals surface area contributed by atoms with E-state index in [9.17, 15) is 0 Å². The standard InChI is InChI=1S/C17H14ClNO/c1-12-6-7-14(10-16(12)18)20-11-17-15-5-3-2-4-13(15)8-9-19-17/h2-10H,11H2,1H3. The van der Waals surface area contributed by atoms with Crippen LogP contribution in [0.3, 0.4) is 0 Å². The van der Waals surface area contributed by atoms with Crippen LogP contribution in [-0.2, 0) is 6.61 Å². The van der Waals surface area contributed by atoms with Gasteiger partial charge in [-0.15, -0.1) is 0 Å². The van der Waals surface area contributed by atoms with Crippen LogP contribution in [0.25, 0.3) is 10.8 Å². The van der Waals surface area contributed by atoms with Crippen molar-refractivity contribution in [2.45, 2.75) is 13.5 Å². The molecule has 0 aliphatic heterocycles. The average molecular weight is 284 g/mol. The molecule has 0 saturated heterocycles. The Kier molecular flexibility index (Phi) is 3.57. The van der Waals surface area contributed by atoms with E-state index in [1.54, 1.807) is 0 Å². The molecule has 100 valence electrons. The second-order valence-corrected chi connectivity index (χ2v) is 5.09. The molecule has 0 unspecified atom stereocenters. The summed E-state index contributed by atoms with van der Waals surface area (Å²) in [6, 6.07) is 15.9. The van der Waals surface area contributed by atoms with Crippen molar-refractivity contribution in [3.05, 3.63) is 71.0 Å². The molecule has 0 aliphatic rings. The van der Waals surface area contributed by atoms with Crippen LogP contribution >= 0.6 is 11.6 Å². The lowest BCUT2D eigenvalue weighted by Crippen LogP contribution is -1.99. The topological polar surface area (TPSA) is 22.1 Å². The van der Waals surface area contributed by atoms with Crippen molar-refractivity contribution < 1.29 is 4.74 Å². The fraction of sp³-hybridized carbons (Fsp3) is 0.118. The van der Waals surface area contributed by atoms with Gasteiger partial charge in [0.1, 0.15) is 12.4 Å². The zero-order valence-corrected chi connectivity index (χ0v) is 11.9. The van der Waals surface area contributed by atoms with Crippen molar-refractivity contribution in [3.63, 3.8) is 0 Å². The lowest BCUT2D eigenvalue weighted by Gasteiger charge is -2.09. The molecule has 0 fully saturated rings. The number of ether oxygens (including phenoxy) is 1. The van der Waals surface area contributed by atoms with Crippen LogP contribution in [-0.4, -0.2) is 4.98 Å². The Hall–Kier alpha value is -2.06. The summed E-state index contributed by atoms with van der Waals surface area (Å²) in [5.41, 5.74) is 1.97. The second kappa shape index (κ2) is 5.51. The third kappa shape index (κ3) is 2.61. The van der Waals surface area contributed by atoms with Crippen LogP contribution < -0.4 is 4.74 Å². The maximum absolute atomic E-state index is 6.10. The molecule has 0 spiro atoms. The molecule has 0 aliphatic carbocycles. The van der Waals surface area contributed by atoms with Crippen molar-refractivity contribution >= 4 is 22.4 Å². The summed E-state index contributed by atoms with van der Waals surface area (Å²) in [7, 11) is 0. The van der Waals surface area contributed by atoms with E-state index in [2.05, 4.69) is 17.1 Å². The highest BCUT2D eigenvalue weighted by atomic mass is 35.5. The molecule has 3 aromatic rings. The van der Waals surface area contributed by atoms with Crippen LogP contribution in [0.4, 0.5) is 0 Å². The minimum absolute atomic E-state index is 0.431. The number of benzene rings is 2. The van der Waals surface area contributed by atoms with E-state index in [0.717, 1.165) is 22.4 Å². The fourth-order valence-electron chi connectivity index (χ4n) is 2.11. The van der Waals surface area contributed by atoms with Crippen LogP contribution in [0.5, 0.6) is 5.75 Å². The Labute approximate surface area is 123 Å². The molecule has 0 amide bonds. The van der Waals surface area contributed by atoms with Gasteiger partial charge in [0.25, 0.3) is 0 Å². The molecule has 0 N–H and O–H groups in total. The number of hydrogen-bond acceptors (Lipinski definition) is 2. The van der Waals surface area contributed by atoms with Crippen LogP contribution in [0.2, 0.25) is 5.02 Å². The highest BCUT2D eigenvalue weighted by molar-refractivity contribution is 6.31. The summed E-state index contributed by atoms with van der Waals surface area (Å²) in [5, 5.41) is 3.00. The first kappa shape index (κ1) is 12.9. The molecule has 0 atom stereocenters. The zero-order valence-electron chi connectivity index (χ0n) is 11.1. The summed E-state index contributed by atoms with van der Waals surface area (Å²) in [6.07, 6.45) is 1.81. The van der Waals surface area contributed by atoms with Gasteiger partial charge in [-0.2, -0.15) is 0 Å². The zero-order chi connectivity index (χ0) is 13.9. The molecule has 1 heterocycles. The van der Waals surface area contributed by atoms with E-state index < -0.39 is 0 Å². The predicted molar refractivity (Wildman–Crippen MR) is 82.3 cm³/mol. The SMILES string of the molecule is Cc1ccc(OCc2nccc3ccccc23)cc1Cl. The highest BCUT2D eigenvalue weighted by Crippen LogP contribution is 2.23. The van der Waals surface area contributed by atoms with E-state index in [1.165, 1.54) is 5.39 Å². The van der Waals surface area contributed by atoms with Crippen molar-refractivity contribution in [1.29, 1.82) is 0 Å². The highest BCUT2D eigenvalue weighted by Gasteiger charge is 2.04. The lowest BCUT2D eigenvalue weighted by molar-refractivity contribution is 0.303. The molecule has 20 heavy (non-hydrogen) atoms. The monoisotopic (exact) mass is 283 g/mol. The second-order valence-electron chi connectivity index (χ2n) is 4.68. The Bertz CT molecular complexity index is 750. The number of fused-ring (bicyclic) bond motifs is 1. The third-order valence-corrected chi connectivity index (χ3v) is 3.68. The Morgan fingerprint density at radius 2 is 1.95 bits per heavy atom. The number of halogens is 1. The van der Waals surface area contributed by atoms with Crippen molar-refractivity contribution in [2.24, 2.45) is 0 Å². The first-order valence-electron chi connectivity index (χ1n) is 6.45. The van der Waals surface area contributed by atoms with Gasteiger partial charge in [0.2, 0.25) is 0 Å². The first-order valence-corrected chi connectivity index (χ1v) is 6.83. The molecular weight excluding hydrogens is 270 g/mol. The third-order valence-electron chi connectivity index (χ3n) is 3.28. The Morgan fingerprint density at radius 3 is 2.80 bits per heavy atom. The molecule has 3 rings (SSSR count). The lowest BCUT2D eigenvalue weighted by atomic mass is 10.1. The quantitative estimate of drug-likeness (QED) is 0.690. The van der Waals surface area contributed by atoms with Crippen molar-refractivity contribution in [2.75, 3.05) is 0 Å². The largest absolute Gasteiger partial charge is 0.487 e. The number of aromatic nitrogens is 1. The summed E-state index contributed by atoms with van der Waals surface area (Å²) in [4.78, 5) is 4.40. The van der Waals surface area contributed by atoms with Crippen molar-refractivity contribution in [3.8, 4) is 5.75 Å². The number of nitrogens with zero attached hydrogens (tertiary/aromatic N) is 1. The molecule has 1 aromatic heterocycles. The normalized spacial score (nSPS) is 10.7. The maximum Gasteiger partial charge on any atom is 0.131 e. The number of hydrogen-bond donors (Lipinski definition) is 0. The van der Waals surface area contributed by atoms with Crippen molar-refractivity contribution in [1.82, 2.24) is 4.98 Å². The fourth-order valence-corrected chi connectivity index (χ4v) is 2.28. The van der Waals surface area contributed by atoms with E-state index in [0.29, 0.717) is 11.6 Å². The van der Waals surface area contributed by atoms with E-state index in [1.807, 2.05) is 49.5 Å². The number of rotatable bonds is 3. The molecular formula is C17H14ClNO. The summed E-state index contributed by atoms with van der Waals surface area (Å²) < 4.78 is 5.79. The molecule has 3 heteroatoms. The van der Waals surface area contributed by atoms with Crippen LogP contribution in [0, 0.1) is 6.92 Å². The van der Waals surface area contributed by atoms with Crippen LogP contribution in [0.1, 0.15) is 11.3 Å². The molecule has 2 aromatic carbocycles. The van der Waals surface area contributed by atoms with Gasteiger partial charge in [0, 0.05) is 16.6 Å². The van der Waals surface area contributed by atoms with E-state index in [-0.39, 0.29) is 0 Å². The first-order chi connectivity index (χ1) is 9.74.